The summed E-state index contributed by atoms with van der Waals surface area (Å²) in [7, 11) is 2.81. The minimum absolute atomic E-state index is 1.09. The molecule has 1 fully saturated rings. The van der Waals surface area contributed by atoms with Gasteiger partial charge in [-0.3, -0.25) is 4.67 Å². The lowest BCUT2D eigenvalue weighted by Crippen LogP contribution is -2.33. The molecule has 3 N–H and O–H groups in total. The van der Waals surface area contributed by atoms with Crippen LogP contribution in [0.3, 0.4) is 0 Å². The summed E-state index contributed by atoms with van der Waals surface area (Å²) in [6, 6.07) is 0. The van der Waals surface area contributed by atoms with Crippen molar-refractivity contribution >= 4 is 9.39 Å². The lowest BCUT2D eigenvalue weighted by Gasteiger charge is -2.17. The maximum absolute atomic E-state index is 3.46. The second kappa shape index (κ2) is 9.49. The van der Waals surface area contributed by atoms with Crippen LogP contribution in [0.5, 0.6) is 0 Å². The van der Waals surface area contributed by atoms with Gasteiger partial charge in [-0.25, -0.2) is 0 Å². The number of hydrogen-bond acceptors (Lipinski definition) is 4. The maximum atomic E-state index is 3.46. The molecule has 15 heavy (non-hydrogen) atoms. The van der Waals surface area contributed by atoms with Crippen LogP contribution in [-0.2, 0) is 0 Å². The van der Waals surface area contributed by atoms with E-state index in [4.69, 9.17) is 0 Å². The highest BCUT2D eigenvalue weighted by molar-refractivity contribution is 7.13. The van der Waals surface area contributed by atoms with E-state index in [9.17, 15) is 0 Å². The van der Waals surface area contributed by atoms with Crippen LogP contribution in [-0.4, -0.2) is 57.0 Å². The average molecular weight is 232 g/mol. The smallest absolute Gasteiger partial charge is 0.0142 e. The van der Waals surface area contributed by atoms with Crippen molar-refractivity contribution in [1.82, 2.24) is 20.6 Å². The van der Waals surface area contributed by atoms with Crippen molar-refractivity contribution < 1.29 is 0 Å². The molecule has 0 aromatic rings. The van der Waals surface area contributed by atoms with Crippen molar-refractivity contribution in [3.8, 4) is 0 Å². The van der Waals surface area contributed by atoms with E-state index in [-0.39, 0.29) is 0 Å². The third-order valence-corrected chi connectivity index (χ3v) is 3.08. The van der Waals surface area contributed by atoms with E-state index >= 15 is 0 Å². The average Bonchev–Trinajstić information content (AvgIpc) is 2.24. The molecule has 0 aliphatic carbocycles. The van der Waals surface area contributed by atoms with Gasteiger partial charge >= 0.3 is 0 Å². The Hall–Kier alpha value is 0.270. The lowest BCUT2D eigenvalue weighted by atomic mass is 10.3. The van der Waals surface area contributed by atoms with Crippen LogP contribution in [0, 0.1) is 0 Å². The van der Waals surface area contributed by atoms with E-state index in [0.29, 0.717) is 0 Å². The zero-order chi connectivity index (χ0) is 10.8. The number of nitrogens with zero attached hydrogens (tertiary/aromatic N) is 1. The Kier molecular flexibility index (Phi) is 8.44. The van der Waals surface area contributed by atoms with E-state index in [1.807, 2.05) is 0 Å². The highest BCUT2D eigenvalue weighted by Crippen LogP contribution is 1.97. The summed E-state index contributed by atoms with van der Waals surface area (Å²) in [5, 5.41) is 10.3. The molecule has 1 atom stereocenters. The van der Waals surface area contributed by atoms with E-state index in [0.717, 1.165) is 52.4 Å². The Morgan fingerprint density at radius 1 is 0.667 bits per heavy atom. The van der Waals surface area contributed by atoms with Gasteiger partial charge < -0.3 is 16.0 Å². The molecular formula is C10H25N4P. The molecule has 1 rings (SSSR count). The molecule has 0 saturated carbocycles. The van der Waals surface area contributed by atoms with Gasteiger partial charge in [-0.1, -0.05) is 9.39 Å². The fraction of sp³-hybridized carbons (Fsp3) is 1.00. The summed E-state index contributed by atoms with van der Waals surface area (Å²) >= 11 is 0. The van der Waals surface area contributed by atoms with Crippen molar-refractivity contribution in [2.75, 3.05) is 52.4 Å². The number of nitrogens with one attached hydrogen (secondary N) is 3. The summed E-state index contributed by atoms with van der Waals surface area (Å²) in [6.45, 7) is 8.93. The molecule has 1 unspecified atom stereocenters. The predicted molar refractivity (Wildman–Crippen MR) is 69.1 cm³/mol. The summed E-state index contributed by atoms with van der Waals surface area (Å²) in [6.07, 6.45) is 2.44. The zero-order valence-electron chi connectivity index (χ0n) is 9.60. The first kappa shape index (κ1) is 13.3. The molecule has 0 spiro atoms. The first-order valence-corrected chi connectivity index (χ1v) is 6.53. The van der Waals surface area contributed by atoms with Gasteiger partial charge in [-0.05, 0) is 32.5 Å². The van der Waals surface area contributed by atoms with E-state index in [1.165, 1.54) is 12.8 Å². The van der Waals surface area contributed by atoms with Crippen LogP contribution < -0.4 is 16.0 Å². The summed E-state index contributed by atoms with van der Waals surface area (Å²) in [5.41, 5.74) is 0. The Morgan fingerprint density at radius 2 is 1.27 bits per heavy atom. The predicted octanol–water partition coefficient (Wildman–Crippen LogP) is -0.359. The largest absolute Gasteiger partial charge is 0.315 e. The molecule has 1 aliphatic rings. The van der Waals surface area contributed by atoms with E-state index in [1.54, 1.807) is 0 Å². The highest BCUT2D eigenvalue weighted by Gasteiger charge is 1.98. The standard InChI is InChI=1S/C10H25N4P/c15-14-9-2-5-12-7-6-11-3-1-4-13-8-10-14/h11-13H,1-10,15H2. The second-order valence-corrected chi connectivity index (χ2v) is 4.72. The Labute approximate surface area is 95.8 Å². The van der Waals surface area contributed by atoms with Crippen LogP contribution >= 0.6 is 9.39 Å². The van der Waals surface area contributed by atoms with Crippen LogP contribution in [0.2, 0.25) is 0 Å². The van der Waals surface area contributed by atoms with Crippen LogP contribution in [0.15, 0.2) is 0 Å². The summed E-state index contributed by atoms with van der Waals surface area (Å²) in [5.74, 6) is 0. The molecular weight excluding hydrogens is 207 g/mol. The third kappa shape index (κ3) is 8.12. The number of hydrogen-bond donors (Lipinski definition) is 3. The molecule has 1 aliphatic heterocycles. The first-order valence-electron chi connectivity index (χ1n) is 6.01. The van der Waals surface area contributed by atoms with Gasteiger partial charge in [0.25, 0.3) is 0 Å². The van der Waals surface area contributed by atoms with Gasteiger partial charge in [-0.15, -0.1) is 0 Å². The number of rotatable bonds is 0. The minimum Gasteiger partial charge on any atom is -0.315 e. The fourth-order valence-electron chi connectivity index (χ4n) is 1.63. The van der Waals surface area contributed by atoms with Crippen LogP contribution in [0.25, 0.3) is 0 Å². The van der Waals surface area contributed by atoms with Crippen molar-refractivity contribution in [2.45, 2.75) is 12.8 Å². The summed E-state index contributed by atoms with van der Waals surface area (Å²) < 4.78 is 2.32. The van der Waals surface area contributed by atoms with Crippen molar-refractivity contribution in [1.29, 1.82) is 0 Å². The Balaban J connectivity index is 2.10. The van der Waals surface area contributed by atoms with E-state index in [2.05, 4.69) is 30.0 Å². The van der Waals surface area contributed by atoms with Crippen LogP contribution in [0.1, 0.15) is 12.8 Å². The lowest BCUT2D eigenvalue weighted by molar-refractivity contribution is 0.431. The quantitative estimate of drug-likeness (QED) is 0.499. The van der Waals surface area contributed by atoms with Crippen molar-refractivity contribution in [3.05, 3.63) is 0 Å². The topological polar surface area (TPSA) is 39.3 Å². The molecule has 0 amide bonds. The third-order valence-electron chi connectivity index (χ3n) is 2.56. The minimum atomic E-state index is 1.09. The normalized spacial score (nSPS) is 24.6. The molecule has 4 nitrogen and oxygen atoms in total. The van der Waals surface area contributed by atoms with E-state index < -0.39 is 0 Å². The fourth-order valence-corrected chi connectivity index (χ4v) is 1.94. The Bertz CT molecular complexity index is 131. The summed E-state index contributed by atoms with van der Waals surface area (Å²) in [4.78, 5) is 0. The van der Waals surface area contributed by atoms with Gasteiger partial charge in [0.1, 0.15) is 0 Å². The van der Waals surface area contributed by atoms with Gasteiger partial charge in [0.15, 0.2) is 0 Å². The highest BCUT2D eigenvalue weighted by atomic mass is 31.0. The molecule has 90 valence electrons. The zero-order valence-corrected chi connectivity index (χ0v) is 10.8. The molecule has 0 aromatic carbocycles. The van der Waals surface area contributed by atoms with Gasteiger partial charge in [-0.2, -0.15) is 0 Å². The first-order chi connectivity index (χ1) is 7.39. The maximum Gasteiger partial charge on any atom is 0.0142 e. The second-order valence-electron chi connectivity index (χ2n) is 3.99. The molecule has 0 bridgehead atoms. The van der Waals surface area contributed by atoms with Gasteiger partial charge in [0, 0.05) is 32.7 Å². The monoisotopic (exact) mass is 232 g/mol. The van der Waals surface area contributed by atoms with Crippen molar-refractivity contribution in [3.63, 3.8) is 0 Å². The molecule has 5 heteroatoms. The van der Waals surface area contributed by atoms with Crippen LogP contribution in [0.4, 0.5) is 0 Å². The Morgan fingerprint density at radius 3 is 2.00 bits per heavy atom. The van der Waals surface area contributed by atoms with Gasteiger partial charge in [0.05, 0.1) is 0 Å². The van der Waals surface area contributed by atoms with Gasteiger partial charge in [0.2, 0.25) is 0 Å². The van der Waals surface area contributed by atoms with Crippen molar-refractivity contribution in [2.24, 2.45) is 0 Å². The molecule has 0 radical (unpaired) electrons. The molecule has 1 saturated heterocycles. The molecule has 0 aromatic heterocycles. The SMILES string of the molecule is PN1CCCNCCNCCCNCC1. The molecule has 1 heterocycles.